The molecule has 0 aliphatic carbocycles. The van der Waals surface area contributed by atoms with Gasteiger partial charge in [0.2, 0.25) is 0 Å². The molecule has 1 N–H and O–H groups in total. The van der Waals surface area contributed by atoms with Crippen molar-refractivity contribution < 1.29 is 0 Å². The average Bonchev–Trinajstić information content (AvgIpc) is 2.36. The molecule has 3 heteroatoms. The normalized spacial score (nSPS) is 13.6. The summed E-state index contributed by atoms with van der Waals surface area (Å²) < 4.78 is 0. The SMILES string of the molecule is CC(C)CNCc1ccc(N(C)C(C)C(C)(C)C)nc1. The van der Waals surface area contributed by atoms with Gasteiger partial charge in [-0.2, -0.15) is 0 Å². The molecule has 0 spiro atoms. The monoisotopic (exact) mass is 277 g/mol. The zero-order chi connectivity index (χ0) is 15.3. The molecular formula is C17H31N3. The second kappa shape index (κ2) is 7.07. The van der Waals surface area contributed by atoms with Crippen LogP contribution in [-0.2, 0) is 6.54 Å². The predicted octanol–water partition coefficient (Wildman–Crippen LogP) is 3.70. The summed E-state index contributed by atoms with van der Waals surface area (Å²) in [5.74, 6) is 1.72. The first kappa shape index (κ1) is 17.0. The van der Waals surface area contributed by atoms with E-state index in [9.17, 15) is 0 Å². The van der Waals surface area contributed by atoms with E-state index in [-0.39, 0.29) is 5.41 Å². The molecule has 3 nitrogen and oxygen atoms in total. The zero-order valence-corrected chi connectivity index (χ0v) is 14.2. The Kier molecular flexibility index (Phi) is 6.00. The van der Waals surface area contributed by atoms with Crippen LogP contribution in [0.2, 0.25) is 0 Å². The third-order valence-electron chi connectivity index (χ3n) is 3.89. The van der Waals surface area contributed by atoms with Gasteiger partial charge < -0.3 is 10.2 Å². The van der Waals surface area contributed by atoms with Crippen LogP contribution in [0.25, 0.3) is 0 Å². The topological polar surface area (TPSA) is 28.2 Å². The van der Waals surface area contributed by atoms with Gasteiger partial charge in [-0.1, -0.05) is 40.7 Å². The molecule has 0 radical (unpaired) electrons. The maximum atomic E-state index is 4.60. The molecule has 0 saturated heterocycles. The lowest BCUT2D eigenvalue weighted by atomic mass is 9.87. The second-order valence-corrected chi connectivity index (χ2v) is 7.20. The van der Waals surface area contributed by atoms with E-state index >= 15 is 0 Å². The van der Waals surface area contributed by atoms with Gasteiger partial charge in [-0.05, 0) is 36.4 Å². The number of hydrogen-bond donors (Lipinski definition) is 1. The van der Waals surface area contributed by atoms with E-state index in [4.69, 9.17) is 0 Å². The first-order valence-electron chi connectivity index (χ1n) is 7.60. The van der Waals surface area contributed by atoms with Crippen molar-refractivity contribution in [1.29, 1.82) is 0 Å². The summed E-state index contributed by atoms with van der Waals surface area (Å²) in [5.41, 5.74) is 1.49. The fraction of sp³-hybridized carbons (Fsp3) is 0.706. The van der Waals surface area contributed by atoms with Crippen LogP contribution in [0.3, 0.4) is 0 Å². The van der Waals surface area contributed by atoms with Crippen molar-refractivity contribution in [3.8, 4) is 0 Å². The van der Waals surface area contributed by atoms with Crippen LogP contribution in [0.4, 0.5) is 5.82 Å². The number of rotatable bonds is 6. The fourth-order valence-electron chi connectivity index (χ4n) is 2.01. The van der Waals surface area contributed by atoms with E-state index in [1.54, 1.807) is 0 Å². The van der Waals surface area contributed by atoms with E-state index in [1.807, 2.05) is 6.20 Å². The number of nitrogens with zero attached hydrogens (tertiary/aromatic N) is 2. The molecule has 1 aromatic heterocycles. The predicted molar refractivity (Wildman–Crippen MR) is 88.1 cm³/mol. The fourth-order valence-corrected chi connectivity index (χ4v) is 2.01. The van der Waals surface area contributed by atoms with Gasteiger partial charge in [-0.3, -0.25) is 0 Å². The Bertz CT molecular complexity index is 390. The largest absolute Gasteiger partial charge is 0.356 e. The Morgan fingerprint density at radius 2 is 1.85 bits per heavy atom. The van der Waals surface area contributed by atoms with Crippen molar-refractivity contribution in [2.45, 2.75) is 54.1 Å². The van der Waals surface area contributed by atoms with Gasteiger partial charge in [0.15, 0.2) is 0 Å². The average molecular weight is 277 g/mol. The van der Waals surface area contributed by atoms with Gasteiger partial charge in [0.05, 0.1) is 0 Å². The van der Waals surface area contributed by atoms with Gasteiger partial charge in [0.1, 0.15) is 5.82 Å². The summed E-state index contributed by atoms with van der Waals surface area (Å²) in [5, 5.41) is 3.44. The molecule has 1 unspecified atom stereocenters. The number of pyridine rings is 1. The van der Waals surface area contributed by atoms with Gasteiger partial charge in [-0.15, -0.1) is 0 Å². The summed E-state index contributed by atoms with van der Waals surface area (Å²) in [7, 11) is 2.12. The standard InChI is InChI=1S/C17H31N3/c1-13(2)10-18-11-15-8-9-16(19-12-15)20(7)14(3)17(4,5)6/h8-9,12-14,18H,10-11H2,1-7H3. The van der Waals surface area contributed by atoms with Gasteiger partial charge >= 0.3 is 0 Å². The molecular weight excluding hydrogens is 246 g/mol. The van der Waals surface area contributed by atoms with Crippen LogP contribution in [0, 0.1) is 11.3 Å². The Morgan fingerprint density at radius 3 is 2.30 bits per heavy atom. The van der Waals surface area contributed by atoms with Crippen molar-refractivity contribution in [1.82, 2.24) is 10.3 Å². The van der Waals surface area contributed by atoms with Crippen LogP contribution in [-0.4, -0.2) is 24.6 Å². The van der Waals surface area contributed by atoms with E-state index in [2.05, 4.69) is 75.9 Å². The van der Waals surface area contributed by atoms with Crippen molar-refractivity contribution in [3.05, 3.63) is 23.9 Å². The highest BCUT2D eigenvalue weighted by molar-refractivity contribution is 5.39. The first-order valence-corrected chi connectivity index (χ1v) is 7.60. The van der Waals surface area contributed by atoms with Gasteiger partial charge in [-0.25, -0.2) is 4.98 Å². The molecule has 1 aromatic rings. The minimum absolute atomic E-state index is 0.244. The summed E-state index contributed by atoms with van der Waals surface area (Å²) in [6.45, 7) is 15.4. The molecule has 0 amide bonds. The van der Waals surface area contributed by atoms with Crippen molar-refractivity contribution in [2.24, 2.45) is 11.3 Å². The Morgan fingerprint density at radius 1 is 1.20 bits per heavy atom. The third kappa shape index (κ3) is 5.12. The zero-order valence-electron chi connectivity index (χ0n) is 14.2. The number of anilines is 1. The van der Waals surface area contributed by atoms with E-state index in [0.29, 0.717) is 12.0 Å². The first-order chi connectivity index (χ1) is 9.21. The van der Waals surface area contributed by atoms with E-state index in [0.717, 1.165) is 18.9 Å². The molecule has 0 fully saturated rings. The molecule has 0 aliphatic heterocycles. The number of hydrogen-bond acceptors (Lipinski definition) is 3. The highest BCUT2D eigenvalue weighted by atomic mass is 15.2. The molecule has 20 heavy (non-hydrogen) atoms. The minimum atomic E-state index is 0.244. The minimum Gasteiger partial charge on any atom is -0.356 e. The van der Waals surface area contributed by atoms with Crippen LogP contribution in [0.5, 0.6) is 0 Å². The number of aromatic nitrogens is 1. The molecule has 0 aliphatic rings. The number of nitrogens with one attached hydrogen (secondary N) is 1. The van der Waals surface area contributed by atoms with Crippen LogP contribution in [0.1, 0.15) is 47.1 Å². The molecule has 0 bridgehead atoms. The molecule has 0 saturated carbocycles. The quantitative estimate of drug-likeness (QED) is 0.859. The Balaban J connectivity index is 2.62. The van der Waals surface area contributed by atoms with E-state index in [1.165, 1.54) is 5.56 Å². The maximum Gasteiger partial charge on any atom is 0.128 e. The summed E-state index contributed by atoms with van der Waals surface area (Å²) >= 11 is 0. The smallest absolute Gasteiger partial charge is 0.128 e. The van der Waals surface area contributed by atoms with Crippen LogP contribution < -0.4 is 10.2 Å². The Labute approximate surface area is 124 Å². The third-order valence-corrected chi connectivity index (χ3v) is 3.89. The van der Waals surface area contributed by atoms with Gasteiger partial charge in [0.25, 0.3) is 0 Å². The highest BCUT2D eigenvalue weighted by Crippen LogP contribution is 2.26. The summed E-state index contributed by atoms with van der Waals surface area (Å²) in [6, 6.07) is 4.73. The van der Waals surface area contributed by atoms with Crippen molar-refractivity contribution >= 4 is 5.82 Å². The molecule has 114 valence electrons. The molecule has 1 rings (SSSR count). The molecule has 0 aromatic carbocycles. The lowest BCUT2D eigenvalue weighted by Crippen LogP contribution is -2.39. The second-order valence-electron chi connectivity index (χ2n) is 7.20. The lowest BCUT2D eigenvalue weighted by molar-refractivity contribution is 0.328. The van der Waals surface area contributed by atoms with Gasteiger partial charge in [0, 0.05) is 25.8 Å². The Hall–Kier alpha value is -1.09. The van der Waals surface area contributed by atoms with Crippen molar-refractivity contribution in [3.63, 3.8) is 0 Å². The lowest BCUT2D eigenvalue weighted by Gasteiger charge is -2.36. The molecule has 1 atom stereocenters. The van der Waals surface area contributed by atoms with Crippen LogP contribution in [0.15, 0.2) is 18.3 Å². The summed E-state index contributed by atoms with van der Waals surface area (Å²) in [6.07, 6.45) is 1.98. The highest BCUT2D eigenvalue weighted by Gasteiger charge is 2.24. The molecule has 1 heterocycles. The van der Waals surface area contributed by atoms with Crippen molar-refractivity contribution in [2.75, 3.05) is 18.5 Å². The van der Waals surface area contributed by atoms with Crippen LogP contribution >= 0.6 is 0 Å². The maximum absolute atomic E-state index is 4.60. The summed E-state index contributed by atoms with van der Waals surface area (Å²) in [4.78, 5) is 6.85. The van der Waals surface area contributed by atoms with E-state index < -0.39 is 0 Å².